The molecule has 3 rings (SSSR count). The fourth-order valence-electron chi connectivity index (χ4n) is 2.91. The first kappa shape index (κ1) is 14.7. The van der Waals surface area contributed by atoms with Crippen LogP contribution in [0.3, 0.4) is 0 Å². The van der Waals surface area contributed by atoms with Crippen molar-refractivity contribution in [1.29, 1.82) is 0 Å². The highest BCUT2D eigenvalue weighted by Gasteiger charge is 2.44. The summed E-state index contributed by atoms with van der Waals surface area (Å²) in [7, 11) is 0. The highest BCUT2D eigenvalue weighted by Crippen LogP contribution is 2.42. The van der Waals surface area contributed by atoms with Gasteiger partial charge in [0.15, 0.2) is 5.78 Å². The van der Waals surface area contributed by atoms with Crippen molar-refractivity contribution < 1.29 is 18.0 Å². The fraction of sp³-hybridized carbons (Fsp3) is 0.333. The molecule has 1 aromatic carbocycles. The summed E-state index contributed by atoms with van der Waals surface area (Å²) in [5, 5.41) is 0. The number of carbonyl (C=O) groups excluding carboxylic acids is 1. The Bertz CT molecular complexity index is 627. The number of hydrogen-bond donors (Lipinski definition) is 1. The van der Waals surface area contributed by atoms with Crippen LogP contribution in [0.25, 0.3) is 0 Å². The van der Waals surface area contributed by atoms with E-state index in [2.05, 4.69) is 0 Å². The molecule has 0 spiro atoms. The van der Waals surface area contributed by atoms with E-state index in [9.17, 15) is 18.0 Å². The summed E-state index contributed by atoms with van der Waals surface area (Å²) in [4.78, 5) is 13.8. The number of rotatable bonds is 1. The molecule has 1 fully saturated rings. The van der Waals surface area contributed by atoms with Gasteiger partial charge in [-0.1, -0.05) is 12.1 Å². The number of alkyl halides is 3. The summed E-state index contributed by atoms with van der Waals surface area (Å²) < 4.78 is 39.7. The van der Waals surface area contributed by atoms with Gasteiger partial charge in [-0.25, -0.2) is 4.90 Å². The molecule has 0 amide bonds. The van der Waals surface area contributed by atoms with Crippen LogP contribution in [-0.2, 0) is 4.79 Å². The Kier molecular flexibility index (Phi) is 3.50. The Morgan fingerprint density at radius 1 is 1.18 bits per heavy atom. The molecule has 1 aromatic rings. The maximum absolute atomic E-state index is 13.2. The van der Waals surface area contributed by atoms with Gasteiger partial charge in [0.1, 0.15) is 5.82 Å². The summed E-state index contributed by atoms with van der Waals surface area (Å²) in [5.41, 5.74) is 5.90. The fourth-order valence-corrected chi connectivity index (χ4v) is 2.91. The highest BCUT2D eigenvalue weighted by molar-refractivity contribution is 5.91. The lowest BCUT2D eigenvalue weighted by molar-refractivity contribution is -0.124. The van der Waals surface area contributed by atoms with Crippen LogP contribution in [0.4, 0.5) is 24.5 Å². The van der Waals surface area contributed by atoms with E-state index in [0.29, 0.717) is 24.9 Å². The summed E-state index contributed by atoms with van der Waals surface area (Å²) in [6, 6.07) is 5.59. The molecule has 1 heterocycles. The van der Waals surface area contributed by atoms with Crippen molar-refractivity contribution in [2.45, 2.75) is 31.6 Å². The molecule has 2 N–H and O–H groups in total. The minimum atomic E-state index is -4.62. The molecular weight excluding hydrogens is 295 g/mol. The number of para-hydroxylation sites is 2. The van der Waals surface area contributed by atoms with E-state index in [1.54, 1.807) is 17.0 Å². The van der Waals surface area contributed by atoms with Crippen molar-refractivity contribution in [3.8, 4) is 0 Å². The van der Waals surface area contributed by atoms with Crippen molar-refractivity contribution >= 4 is 17.2 Å². The predicted molar refractivity (Wildman–Crippen MR) is 76.7 cm³/mol. The van der Waals surface area contributed by atoms with Gasteiger partial charge >= 0.3 is 6.30 Å². The second-order valence-corrected chi connectivity index (χ2v) is 5.30. The molecule has 1 unspecified atom stereocenters. The van der Waals surface area contributed by atoms with Gasteiger partial charge < -0.3 is 10.6 Å². The van der Waals surface area contributed by atoms with E-state index >= 15 is 0 Å². The van der Waals surface area contributed by atoms with E-state index in [1.165, 1.54) is 18.3 Å². The second-order valence-electron chi connectivity index (χ2n) is 5.30. The number of ketones is 1. The number of Topliss-reactive ketones (excluding diaryl/α,β-unsaturated/α-hetero) is 1. The highest BCUT2D eigenvalue weighted by atomic mass is 19.4. The van der Waals surface area contributed by atoms with Gasteiger partial charge in [-0.3, -0.25) is 4.79 Å². The van der Waals surface area contributed by atoms with Crippen LogP contribution in [0.1, 0.15) is 19.3 Å². The Labute approximate surface area is 126 Å². The number of hydrogen-bond acceptors (Lipinski definition) is 4. The molecule has 0 aromatic heterocycles. The van der Waals surface area contributed by atoms with Crippen LogP contribution >= 0.6 is 0 Å². The third kappa shape index (κ3) is 2.40. The normalized spacial score (nSPS) is 22.4. The molecule has 2 aliphatic rings. The Morgan fingerprint density at radius 3 is 2.50 bits per heavy atom. The summed E-state index contributed by atoms with van der Waals surface area (Å²) in [6.07, 6.45) is 0.180. The number of benzene rings is 1. The lowest BCUT2D eigenvalue weighted by Crippen LogP contribution is -2.48. The van der Waals surface area contributed by atoms with Gasteiger partial charge in [-0.15, -0.1) is 13.2 Å². The van der Waals surface area contributed by atoms with Gasteiger partial charge in [0, 0.05) is 12.6 Å². The molecule has 0 saturated heterocycles. The van der Waals surface area contributed by atoms with E-state index in [-0.39, 0.29) is 16.4 Å². The molecule has 1 radical (unpaired) electrons. The molecule has 7 heteroatoms. The van der Waals surface area contributed by atoms with Crippen LogP contribution < -0.4 is 15.5 Å². The minimum Gasteiger partial charge on any atom is -0.384 e. The molecular formula is C15H15F3N3O. The van der Waals surface area contributed by atoms with Crippen molar-refractivity contribution in [2.24, 2.45) is 5.73 Å². The smallest absolute Gasteiger partial charge is 0.384 e. The van der Waals surface area contributed by atoms with Crippen molar-refractivity contribution in [2.75, 3.05) is 9.80 Å². The van der Waals surface area contributed by atoms with Gasteiger partial charge in [0.25, 0.3) is 0 Å². The Hall–Kier alpha value is -2.18. The first-order valence-corrected chi connectivity index (χ1v) is 6.95. The zero-order valence-electron chi connectivity index (χ0n) is 11.7. The maximum atomic E-state index is 13.2. The lowest BCUT2D eigenvalue weighted by Gasteiger charge is -2.40. The minimum absolute atomic E-state index is 0.0156. The number of nitrogens with zero attached hydrogens (tertiary/aromatic N) is 2. The second kappa shape index (κ2) is 5.23. The first-order chi connectivity index (χ1) is 10.4. The zero-order valence-corrected chi connectivity index (χ0v) is 11.7. The maximum Gasteiger partial charge on any atom is 0.490 e. The average molecular weight is 310 g/mol. The number of anilines is 2. The van der Waals surface area contributed by atoms with Crippen LogP contribution in [0, 0.1) is 6.42 Å². The van der Waals surface area contributed by atoms with Crippen LogP contribution in [0.15, 0.2) is 36.3 Å². The largest absolute Gasteiger partial charge is 0.490 e. The van der Waals surface area contributed by atoms with Crippen LogP contribution in [0.2, 0.25) is 0 Å². The van der Waals surface area contributed by atoms with Gasteiger partial charge in [-0.05, 0) is 31.4 Å². The number of fused-ring (bicyclic) bond motifs is 1. The SMILES string of the molecule is NC1=CN(C2C[CH]CCC2=O)c2ccccc2N1C(F)(F)F. The first-order valence-electron chi connectivity index (χ1n) is 6.95. The van der Waals surface area contributed by atoms with Gasteiger partial charge in [0.2, 0.25) is 0 Å². The molecule has 1 aliphatic heterocycles. The molecule has 1 atom stereocenters. The van der Waals surface area contributed by atoms with E-state index in [0.717, 1.165) is 0 Å². The molecule has 22 heavy (non-hydrogen) atoms. The van der Waals surface area contributed by atoms with Crippen molar-refractivity contribution in [3.05, 3.63) is 42.7 Å². The Morgan fingerprint density at radius 2 is 1.86 bits per heavy atom. The monoisotopic (exact) mass is 310 g/mol. The van der Waals surface area contributed by atoms with E-state index < -0.39 is 18.2 Å². The predicted octanol–water partition coefficient (Wildman–Crippen LogP) is 2.92. The van der Waals surface area contributed by atoms with Crippen LogP contribution in [-0.4, -0.2) is 18.1 Å². The zero-order chi connectivity index (χ0) is 15.9. The quantitative estimate of drug-likeness (QED) is 0.810. The van der Waals surface area contributed by atoms with Crippen LogP contribution in [0.5, 0.6) is 0 Å². The third-order valence-corrected chi connectivity index (χ3v) is 3.88. The molecule has 0 bridgehead atoms. The topological polar surface area (TPSA) is 49.6 Å². The van der Waals surface area contributed by atoms with E-state index in [4.69, 9.17) is 5.73 Å². The van der Waals surface area contributed by atoms with Crippen molar-refractivity contribution in [1.82, 2.24) is 0 Å². The summed E-state index contributed by atoms with van der Waals surface area (Å²) >= 11 is 0. The average Bonchev–Trinajstić information content (AvgIpc) is 2.45. The number of nitrogens with two attached hydrogens (primary N) is 1. The number of halogens is 3. The number of carbonyl (C=O) groups is 1. The van der Waals surface area contributed by atoms with Gasteiger partial charge in [0.05, 0.1) is 17.4 Å². The summed E-state index contributed by atoms with van der Waals surface area (Å²) in [5.74, 6) is -0.425. The Balaban J connectivity index is 2.07. The van der Waals surface area contributed by atoms with E-state index in [1.807, 2.05) is 6.42 Å². The standard InChI is InChI=1S/C15H15F3N3O/c16-15(17,18)21-11-6-2-1-5-10(11)20(9-14(21)19)12-7-3-4-8-13(12)22/h1-3,5-6,9,12H,4,7-8,19H2. The lowest BCUT2D eigenvalue weighted by atomic mass is 9.92. The molecule has 4 nitrogen and oxygen atoms in total. The molecule has 117 valence electrons. The third-order valence-electron chi connectivity index (χ3n) is 3.88. The van der Waals surface area contributed by atoms with Crippen molar-refractivity contribution in [3.63, 3.8) is 0 Å². The molecule has 1 saturated carbocycles. The van der Waals surface area contributed by atoms with Gasteiger partial charge in [-0.2, -0.15) is 0 Å². The summed E-state index contributed by atoms with van der Waals surface area (Å²) in [6.45, 7) is 0. The molecule has 1 aliphatic carbocycles.